The van der Waals surface area contributed by atoms with E-state index in [1.54, 1.807) is 19.4 Å². The third-order valence-electron chi connectivity index (χ3n) is 4.76. The zero-order valence-corrected chi connectivity index (χ0v) is 21.2. The lowest BCUT2D eigenvalue weighted by Crippen LogP contribution is -2.23. The summed E-state index contributed by atoms with van der Waals surface area (Å²) in [4.78, 5) is 15.9. The number of halogens is 1. The highest BCUT2D eigenvalue weighted by Gasteiger charge is 2.46. The van der Waals surface area contributed by atoms with Crippen LogP contribution in [0.1, 0.15) is 56.9 Å². The monoisotopic (exact) mass is 451 g/mol. The first-order chi connectivity index (χ1) is 14.8. The second-order valence-electron chi connectivity index (χ2n) is 7.11. The molecule has 0 aliphatic carbocycles. The molecule has 1 aliphatic rings. The molecule has 1 saturated heterocycles. The average Bonchev–Trinajstić information content (AvgIpc) is 3.49. The molecule has 1 aliphatic heterocycles. The molecule has 0 saturated carbocycles. The van der Waals surface area contributed by atoms with Gasteiger partial charge in [0.05, 0.1) is 23.3 Å². The summed E-state index contributed by atoms with van der Waals surface area (Å²) in [6.45, 7) is 15.5. The van der Waals surface area contributed by atoms with Gasteiger partial charge in [-0.15, -0.1) is 0 Å². The number of hydrogen-bond donors (Lipinski definition) is 0. The molecule has 0 amide bonds. The summed E-state index contributed by atoms with van der Waals surface area (Å²) in [5.74, 6) is 1.22. The van der Waals surface area contributed by atoms with Crippen LogP contribution in [0.5, 0.6) is 0 Å². The Labute approximate surface area is 192 Å². The summed E-state index contributed by atoms with van der Waals surface area (Å²) in [6.07, 6.45) is 5.27. The van der Waals surface area contributed by atoms with E-state index in [4.69, 9.17) is 26.1 Å². The number of anilines is 2. The van der Waals surface area contributed by atoms with Crippen molar-refractivity contribution in [3.05, 3.63) is 40.6 Å². The zero-order valence-electron chi connectivity index (χ0n) is 20.5. The van der Waals surface area contributed by atoms with Gasteiger partial charge in [-0.1, -0.05) is 38.4 Å². The van der Waals surface area contributed by atoms with Gasteiger partial charge >= 0.3 is 0 Å². The Balaban J connectivity index is 0.000000720. The van der Waals surface area contributed by atoms with E-state index < -0.39 is 5.79 Å². The molecule has 1 atom stereocenters. The first-order valence-corrected chi connectivity index (χ1v) is 11.3. The van der Waals surface area contributed by atoms with Crippen molar-refractivity contribution in [3.63, 3.8) is 0 Å². The van der Waals surface area contributed by atoms with Crippen LogP contribution < -0.4 is 4.90 Å². The van der Waals surface area contributed by atoms with E-state index in [9.17, 15) is 0 Å². The molecule has 3 heterocycles. The maximum Gasteiger partial charge on any atom is 0.211 e. The average molecular weight is 452 g/mol. The summed E-state index contributed by atoms with van der Waals surface area (Å²) in [5.41, 5.74) is 5.43. The fraction of sp³-hybridized carbons (Fsp3) is 0.609. The molecular weight excluding hydrogens is 414 g/mol. The molecule has 0 bridgehead atoms. The van der Waals surface area contributed by atoms with E-state index in [1.165, 1.54) is 5.54 Å². The highest BCUT2D eigenvalue weighted by Crippen LogP contribution is 2.35. The molecule has 174 valence electrons. The Morgan fingerprint density at radius 3 is 2.32 bits per heavy atom. The van der Waals surface area contributed by atoms with Crippen molar-refractivity contribution in [2.45, 2.75) is 73.6 Å². The van der Waals surface area contributed by atoms with E-state index in [0.717, 1.165) is 47.5 Å². The molecule has 3 rings (SSSR count). The summed E-state index contributed by atoms with van der Waals surface area (Å²) in [5, 5.41) is 0. The van der Waals surface area contributed by atoms with Crippen molar-refractivity contribution in [2.24, 2.45) is 0 Å². The van der Waals surface area contributed by atoms with Gasteiger partial charge in [-0.05, 0) is 39.7 Å². The summed E-state index contributed by atoms with van der Waals surface area (Å²) in [7, 11) is 3.69. The first kappa shape index (κ1) is 27.1. The van der Waals surface area contributed by atoms with E-state index in [1.807, 2.05) is 53.5 Å². The van der Waals surface area contributed by atoms with Crippen molar-refractivity contribution in [1.29, 1.82) is 0 Å². The lowest BCUT2D eigenvalue weighted by atomic mass is 10.1. The molecule has 2 aromatic heterocycles. The standard InChI is InChI=1S/C18H27N5O2.C3H5Cl.C2H6/c1-7-8-23-15(9-18(24-6)11-25-18)13(3)21-17(23)22(5)16-14(4)20-12(2)10-19-16;1-2-3-4;1-2/h10H,7-9,11H2,1-6H3;2-3H,1H3;1-2H3/b;3-2+;. The molecule has 1 fully saturated rings. The number of hydrogen-bond acceptors (Lipinski definition) is 6. The van der Waals surface area contributed by atoms with Crippen LogP contribution in [-0.4, -0.2) is 46.1 Å². The largest absolute Gasteiger partial charge is 0.351 e. The fourth-order valence-corrected chi connectivity index (χ4v) is 3.17. The third kappa shape index (κ3) is 7.02. The van der Waals surface area contributed by atoms with E-state index in [2.05, 4.69) is 21.5 Å². The van der Waals surface area contributed by atoms with Crippen LogP contribution in [0.2, 0.25) is 0 Å². The summed E-state index contributed by atoms with van der Waals surface area (Å²) in [6, 6.07) is 0. The predicted octanol–water partition coefficient (Wildman–Crippen LogP) is 5.48. The van der Waals surface area contributed by atoms with E-state index in [-0.39, 0.29) is 0 Å². The van der Waals surface area contributed by atoms with Crippen LogP contribution in [0.25, 0.3) is 0 Å². The maximum atomic E-state index is 5.53. The Morgan fingerprint density at radius 1 is 1.26 bits per heavy atom. The number of ether oxygens (including phenoxy) is 2. The minimum absolute atomic E-state index is 0.480. The predicted molar refractivity (Wildman–Crippen MR) is 128 cm³/mol. The van der Waals surface area contributed by atoms with Gasteiger partial charge in [-0.3, -0.25) is 9.88 Å². The van der Waals surface area contributed by atoms with Gasteiger partial charge in [0.2, 0.25) is 5.95 Å². The van der Waals surface area contributed by atoms with Crippen molar-refractivity contribution in [3.8, 4) is 0 Å². The normalized spacial score (nSPS) is 17.0. The van der Waals surface area contributed by atoms with E-state index >= 15 is 0 Å². The maximum absolute atomic E-state index is 5.53. The number of aryl methyl sites for hydroxylation is 3. The van der Waals surface area contributed by atoms with Crippen LogP contribution in [0.15, 0.2) is 17.8 Å². The quantitative estimate of drug-likeness (QED) is 0.519. The van der Waals surface area contributed by atoms with Gasteiger partial charge in [0, 0.05) is 32.8 Å². The topological polar surface area (TPSA) is 68.6 Å². The molecule has 0 radical (unpaired) electrons. The smallest absolute Gasteiger partial charge is 0.211 e. The van der Waals surface area contributed by atoms with Crippen LogP contribution in [0.3, 0.4) is 0 Å². The fourth-order valence-electron chi connectivity index (χ4n) is 3.17. The number of methoxy groups -OCH3 is 1. The number of rotatable bonds is 7. The van der Waals surface area contributed by atoms with Gasteiger partial charge < -0.3 is 14.0 Å². The molecule has 0 aromatic carbocycles. The molecule has 7 nitrogen and oxygen atoms in total. The van der Waals surface area contributed by atoms with Gasteiger partial charge in [0.15, 0.2) is 11.6 Å². The highest BCUT2D eigenvalue weighted by molar-refractivity contribution is 6.25. The van der Waals surface area contributed by atoms with Gasteiger partial charge in [0.1, 0.15) is 6.61 Å². The Hall–Kier alpha value is -1.96. The molecule has 2 aromatic rings. The second-order valence-corrected chi connectivity index (χ2v) is 7.37. The molecule has 0 N–H and O–H groups in total. The van der Waals surface area contributed by atoms with E-state index in [0.29, 0.717) is 13.0 Å². The zero-order chi connectivity index (χ0) is 23.6. The molecular formula is C23H38ClN5O2. The number of epoxide rings is 1. The van der Waals surface area contributed by atoms with Crippen LogP contribution in [0, 0.1) is 20.8 Å². The van der Waals surface area contributed by atoms with Crippen molar-refractivity contribution in [2.75, 3.05) is 25.7 Å². The van der Waals surface area contributed by atoms with Crippen LogP contribution in [-0.2, 0) is 22.4 Å². The highest BCUT2D eigenvalue weighted by atomic mass is 35.5. The van der Waals surface area contributed by atoms with Gasteiger partial charge in [-0.25, -0.2) is 9.97 Å². The van der Waals surface area contributed by atoms with Crippen molar-refractivity contribution >= 4 is 23.4 Å². The summed E-state index contributed by atoms with van der Waals surface area (Å²) >= 11 is 5.01. The minimum Gasteiger partial charge on any atom is -0.351 e. The molecule has 1 unspecified atom stereocenters. The van der Waals surface area contributed by atoms with Gasteiger partial charge in [-0.2, -0.15) is 0 Å². The number of allylic oxidation sites excluding steroid dienone is 1. The molecule has 31 heavy (non-hydrogen) atoms. The second kappa shape index (κ2) is 12.8. The third-order valence-corrected chi connectivity index (χ3v) is 5.01. The first-order valence-electron chi connectivity index (χ1n) is 10.8. The lowest BCUT2D eigenvalue weighted by Gasteiger charge is -2.21. The Bertz CT molecular complexity index is 843. The van der Waals surface area contributed by atoms with Crippen LogP contribution >= 0.6 is 11.6 Å². The number of nitrogens with zero attached hydrogens (tertiary/aromatic N) is 5. The van der Waals surface area contributed by atoms with Crippen LogP contribution in [0.4, 0.5) is 11.8 Å². The van der Waals surface area contributed by atoms with Crippen molar-refractivity contribution in [1.82, 2.24) is 19.5 Å². The molecule has 8 heteroatoms. The SMILES string of the molecule is C/C=C/Cl.CC.CCCn1c(N(C)c2ncc(C)nc2C)nc(C)c1CC1(OC)CO1. The van der Waals surface area contributed by atoms with Gasteiger partial charge in [0.25, 0.3) is 0 Å². The lowest BCUT2D eigenvalue weighted by molar-refractivity contribution is -0.0104. The number of imidazole rings is 1. The molecule has 0 spiro atoms. The summed E-state index contributed by atoms with van der Waals surface area (Å²) < 4.78 is 13.3. The minimum atomic E-state index is -0.480. The number of aromatic nitrogens is 4. The van der Waals surface area contributed by atoms with Crippen molar-refractivity contribution < 1.29 is 9.47 Å². The Morgan fingerprint density at radius 2 is 1.87 bits per heavy atom. The Kier molecular flexibility index (Phi) is 11.2.